The van der Waals surface area contributed by atoms with Crippen LogP contribution in [0.1, 0.15) is 49.8 Å². The van der Waals surface area contributed by atoms with Crippen molar-refractivity contribution in [3.8, 4) is 17.2 Å². The minimum atomic E-state index is -0.887. The Morgan fingerprint density at radius 2 is 1.80 bits per heavy atom. The Morgan fingerprint density at radius 3 is 2.46 bits per heavy atom. The van der Waals surface area contributed by atoms with E-state index in [0.29, 0.717) is 36.9 Å². The van der Waals surface area contributed by atoms with Crippen LogP contribution in [0.2, 0.25) is 0 Å². The fourth-order valence-electron chi connectivity index (χ4n) is 5.15. The summed E-state index contributed by atoms with van der Waals surface area (Å²) in [6, 6.07) is 12.6. The number of likely N-dealkylation sites (tertiary alicyclic amines) is 1. The summed E-state index contributed by atoms with van der Waals surface area (Å²) < 4.78 is 16.3. The van der Waals surface area contributed by atoms with Crippen molar-refractivity contribution in [3.05, 3.63) is 53.6 Å². The molecule has 0 aromatic heterocycles. The van der Waals surface area contributed by atoms with E-state index in [1.807, 2.05) is 59.2 Å². The average molecular weight is 483 g/mol. The van der Waals surface area contributed by atoms with Crippen LogP contribution in [-0.4, -0.2) is 66.9 Å². The Morgan fingerprint density at radius 1 is 1.09 bits per heavy atom. The molecule has 0 unspecified atom stereocenters. The summed E-state index contributed by atoms with van der Waals surface area (Å²) in [5.41, 5.74) is 1.72. The molecular weight excluding hydrogens is 448 g/mol. The number of rotatable bonds is 10. The zero-order valence-corrected chi connectivity index (χ0v) is 20.6. The van der Waals surface area contributed by atoms with E-state index in [9.17, 15) is 14.7 Å². The molecule has 4 rings (SSSR count). The van der Waals surface area contributed by atoms with Crippen molar-refractivity contribution in [2.75, 3.05) is 40.1 Å². The minimum Gasteiger partial charge on any atom is -0.497 e. The van der Waals surface area contributed by atoms with Crippen molar-refractivity contribution in [1.29, 1.82) is 0 Å². The molecule has 2 aromatic carbocycles. The van der Waals surface area contributed by atoms with Gasteiger partial charge in [0.2, 0.25) is 12.7 Å². The molecule has 2 aromatic rings. The summed E-state index contributed by atoms with van der Waals surface area (Å²) in [6.45, 7) is 6.20. The van der Waals surface area contributed by atoms with Gasteiger partial charge in [-0.2, -0.15) is 0 Å². The number of carbonyl (C=O) groups is 2. The Kier molecular flexibility index (Phi) is 7.80. The van der Waals surface area contributed by atoms with Crippen molar-refractivity contribution in [3.63, 3.8) is 0 Å². The van der Waals surface area contributed by atoms with E-state index < -0.39 is 17.9 Å². The molecule has 3 atom stereocenters. The zero-order valence-electron chi connectivity index (χ0n) is 20.6. The number of nitrogens with zero attached hydrogens (tertiary/aromatic N) is 2. The van der Waals surface area contributed by atoms with E-state index in [-0.39, 0.29) is 25.2 Å². The molecule has 8 nitrogen and oxygen atoms in total. The SMILES string of the molecule is CCCCN(CC)C(=O)CN1C[C@H](c2ccc3c(c2)OCO3)[C@H](C(=O)O)[C@H]1c1ccc(OC)cc1. The molecule has 0 radical (unpaired) electrons. The molecule has 0 bridgehead atoms. The van der Waals surface area contributed by atoms with Gasteiger partial charge in [0.25, 0.3) is 0 Å². The number of carboxylic acid groups (broad SMARTS) is 1. The van der Waals surface area contributed by atoms with Gasteiger partial charge in [-0.1, -0.05) is 31.5 Å². The largest absolute Gasteiger partial charge is 0.497 e. The first kappa shape index (κ1) is 24.9. The Hall–Kier alpha value is -3.26. The smallest absolute Gasteiger partial charge is 0.309 e. The summed E-state index contributed by atoms with van der Waals surface area (Å²) in [4.78, 5) is 29.8. The third-order valence-electron chi connectivity index (χ3n) is 7.02. The number of fused-ring (bicyclic) bond motifs is 1. The van der Waals surface area contributed by atoms with Crippen LogP contribution in [0.5, 0.6) is 17.2 Å². The third-order valence-corrected chi connectivity index (χ3v) is 7.02. The van der Waals surface area contributed by atoms with Crippen LogP contribution in [0.25, 0.3) is 0 Å². The lowest BCUT2D eigenvalue weighted by molar-refractivity contribution is -0.143. The molecule has 2 aliphatic rings. The number of likely N-dealkylation sites (N-methyl/N-ethyl adjacent to an activating group) is 1. The number of carboxylic acids is 1. The first-order valence-electron chi connectivity index (χ1n) is 12.2. The fraction of sp³-hybridized carbons (Fsp3) is 0.481. The highest BCUT2D eigenvalue weighted by Gasteiger charge is 2.48. The quantitative estimate of drug-likeness (QED) is 0.549. The monoisotopic (exact) mass is 482 g/mol. The van der Waals surface area contributed by atoms with Crippen molar-refractivity contribution in [2.45, 2.75) is 38.6 Å². The lowest BCUT2D eigenvalue weighted by Gasteiger charge is -2.29. The third kappa shape index (κ3) is 5.22. The molecule has 2 aliphatic heterocycles. The molecule has 188 valence electrons. The molecular formula is C27H34N2O6. The molecule has 0 aliphatic carbocycles. The number of hydrogen-bond donors (Lipinski definition) is 1. The Bertz CT molecular complexity index is 1040. The first-order valence-corrected chi connectivity index (χ1v) is 12.2. The van der Waals surface area contributed by atoms with Crippen LogP contribution in [0, 0.1) is 5.92 Å². The minimum absolute atomic E-state index is 0.0231. The predicted molar refractivity (Wildman–Crippen MR) is 131 cm³/mol. The summed E-state index contributed by atoms with van der Waals surface area (Å²) in [5, 5.41) is 10.4. The predicted octanol–water partition coefficient (Wildman–Crippen LogP) is 3.91. The van der Waals surface area contributed by atoms with Crippen LogP contribution in [0.15, 0.2) is 42.5 Å². The number of aliphatic carboxylic acids is 1. The summed E-state index contributed by atoms with van der Waals surface area (Å²) in [5.74, 6) is 0.0719. The number of unbranched alkanes of at least 4 members (excludes halogenated alkanes) is 1. The van der Waals surface area contributed by atoms with Gasteiger partial charge in [-0.3, -0.25) is 14.5 Å². The van der Waals surface area contributed by atoms with Gasteiger partial charge < -0.3 is 24.2 Å². The van der Waals surface area contributed by atoms with Crippen molar-refractivity contribution in [1.82, 2.24) is 9.80 Å². The number of amides is 1. The molecule has 35 heavy (non-hydrogen) atoms. The van der Waals surface area contributed by atoms with Crippen molar-refractivity contribution < 1.29 is 28.9 Å². The summed E-state index contributed by atoms with van der Waals surface area (Å²) in [7, 11) is 1.60. The van der Waals surface area contributed by atoms with Crippen LogP contribution in [0.3, 0.4) is 0 Å². The van der Waals surface area contributed by atoms with E-state index in [0.717, 1.165) is 24.0 Å². The van der Waals surface area contributed by atoms with Gasteiger partial charge in [-0.05, 0) is 48.7 Å². The second-order valence-corrected chi connectivity index (χ2v) is 9.06. The van der Waals surface area contributed by atoms with E-state index in [2.05, 4.69) is 6.92 Å². The van der Waals surface area contributed by atoms with Gasteiger partial charge in [0.1, 0.15) is 5.75 Å². The summed E-state index contributed by atoms with van der Waals surface area (Å²) >= 11 is 0. The van der Waals surface area contributed by atoms with E-state index in [4.69, 9.17) is 14.2 Å². The molecule has 1 amide bonds. The molecule has 0 spiro atoms. The fourth-order valence-corrected chi connectivity index (χ4v) is 5.15. The number of benzene rings is 2. The van der Waals surface area contributed by atoms with Crippen LogP contribution >= 0.6 is 0 Å². The van der Waals surface area contributed by atoms with Gasteiger partial charge >= 0.3 is 5.97 Å². The maximum Gasteiger partial charge on any atom is 0.309 e. The second-order valence-electron chi connectivity index (χ2n) is 9.06. The molecule has 1 saturated heterocycles. The normalized spacial score (nSPS) is 21.2. The topological polar surface area (TPSA) is 88.5 Å². The maximum atomic E-state index is 13.3. The molecule has 1 fully saturated rings. The second kappa shape index (κ2) is 11.0. The molecule has 0 saturated carbocycles. The Balaban J connectivity index is 1.68. The van der Waals surface area contributed by atoms with E-state index in [1.54, 1.807) is 7.11 Å². The number of carbonyl (C=O) groups excluding carboxylic acids is 1. The van der Waals surface area contributed by atoms with Crippen LogP contribution in [0.4, 0.5) is 0 Å². The maximum absolute atomic E-state index is 13.3. The Labute approximate surface area is 206 Å². The van der Waals surface area contributed by atoms with E-state index in [1.165, 1.54) is 0 Å². The highest BCUT2D eigenvalue weighted by Crippen LogP contribution is 2.47. The van der Waals surface area contributed by atoms with Gasteiger partial charge in [0.15, 0.2) is 11.5 Å². The van der Waals surface area contributed by atoms with Crippen molar-refractivity contribution >= 4 is 11.9 Å². The summed E-state index contributed by atoms with van der Waals surface area (Å²) in [6.07, 6.45) is 1.95. The standard InChI is InChI=1S/C27H34N2O6/c1-4-6-13-28(5-2)24(30)16-29-15-21(19-9-12-22-23(14-19)35-17-34-22)25(27(31)32)26(29)18-7-10-20(33-3)11-8-18/h7-12,14,21,25-26H,4-6,13,15-17H2,1-3H3,(H,31,32)/t21-,25+,26-/m1/s1. The van der Waals surface area contributed by atoms with Gasteiger partial charge in [-0.25, -0.2) is 0 Å². The first-order chi connectivity index (χ1) is 17.0. The van der Waals surface area contributed by atoms with Gasteiger partial charge in [-0.15, -0.1) is 0 Å². The van der Waals surface area contributed by atoms with Crippen molar-refractivity contribution in [2.24, 2.45) is 5.92 Å². The molecule has 8 heteroatoms. The highest BCUT2D eigenvalue weighted by molar-refractivity contribution is 5.79. The molecule has 1 N–H and O–H groups in total. The van der Waals surface area contributed by atoms with Crippen LogP contribution in [-0.2, 0) is 9.59 Å². The zero-order chi connectivity index (χ0) is 24.9. The number of hydrogen-bond acceptors (Lipinski definition) is 6. The van der Waals surface area contributed by atoms with Gasteiger partial charge in [0, 0.05) is 31.6 Å². The lowest BCUT2D eigenvalue weighted by Crippen LogP contribution is -2.41. The highest BCUT2D eigenvalue weighted by atomic mass is 16.7. The lowest BCUT2D eigenvalue weighted by atomic mass is 9.82. The average Bonchev–Trinajstić information content (AvgIpc) is 3.49. The van der Waals surface area contributed by atoms with E-state index >= 15 is 0 Å². The number of ether oxygens (including phenoxy) is 3. The van der Waals surface area contributed by atoms with Gasteiger partial charge in [0.05, 0.1) is 19.6 Å². The van der Waals surface area contributed by atoms with Crippen LogP contribution < -0.4 is 14.2 Å². The number of methoxy groups -OCH3 is 1. The molecule has 2 heterocycles.